The maximum atomic E-state index is 13.1. The number of hydrogen-bond acceptors (Lipinski definition) is 5. The second-order valence-corrected chi connectivity index (χ2v) is 8.67. The van der Waals surface area contributed by atoms with Gasteiger partial charge in [0.2, 0.25) is 0 Å². The smallest absolute Gasteiger partial charge is 0.382 e. The molecule has 0 aliphatic carbocycles. The van der Waals surface area contributed by atoms with Gasteiger partial charge in [0.15, 0.2) is 5.82 Å². The van der Waals surface area contributed by atoms with Gasteiger partial charge in [-0.25, -0.2) is 14.8 Å². The minimum absolute atomic E-state index is 0.0457. The first-order valence-electron chi connectivity index (χ1n) is 11.5. The lowest BCUT2D eigenvalue weighted by molar-refractivity contribution is -0.168. The van der Waals surface area contributed by atoms with Gasteiger partial charge in [-0.15, -0.1) is 0 Å². The van der Waals surface area contributed by atoms with E-state index in [2.05, 4.69) is 15.6 Å². The van der Waals surface area contributed by atoms with Crippen molar-refractivity contribution in [2.75, 3.05) is 46.6 Å². The number of urea groups is 1. The third-order valence-electron chi connectivity index (χ3n) is 6.31. The Hall–Kier alpha value is -3.82. The Morgan fingerprint density at radius 1 is 1.09 bits per heavy atom. The van der Waals surface area contributed by atoms with E-state index in [1.165, 1.54) is 0 Å². The van der Waals surface area contributed by atoms with Gasteiger partial charge >= 0.3 is 12.2 Å². The molecule has 2 aliphatic rings. The first-order valence-corrected chi connectivity index (χ1v) is 11.5. The second-order valence-electron chi connectivity index (χ2n) is 8.67. The molecule has 0 spiro atoms. The van der Waals surface area contributed by atoms with Crippen molar-refractivity contribution in [3.05, 3.63) is 60.8 Å². The molecule has 2 aliphatic heterocycles. The lowest BCUT2D eigenvalue weighted by Gasteiger charge is -2.23. The largest absolute Gasteiger partial charge is 0.393 e. The van der Waals surface area contributed by atoms with Crippen LogP contribution in [0, 0.1) is 5.92 Å². The summed E-state index contributed by atoms with van der Waals surface area (Å²) >= 11 is 0. The van der Waals surface area contributed by atoms with Crippen LogP contribution in [0.1, 0.15) is 12.8 Å². The lowest BCUT2D eigenvalue weighted by atomic mass is 10.1. The summed E-state index contributed by atoms with van der Waals surface area (Å²) in [7, 11) is 0. The van der Waals surface area contributed by atoms with Gasteiger partial charge in [0, 0.05) is 43.6 Å². The van der Waals surface area contributed by atoms with E-state index in [0.717, 1.165) is 23.4 Å². The summed E-state index contributed by atoms with van der Waals surface area (Å²) in [5, 5.41) is 6.12. The van der Waals surface area contributed by atoms with Crippen molar-refractivity contribution in [2.45, 2.75) is 19.0 Å². The first kappa shape index (κ1) is 22.9. The molecule has 1 saturated heterocycles. The van der Waals surface area contributed by atoms with Crippen LogP contribution in [0.15, 0.2) is 60.8 Å². The molecule has 1 fully saturated rings. The number of carbonyl (C=O) groups excluding carboxylic acids is 1. The van der Waals surface area contributed by atoms with Crippen LogP contribution < -0.4 is 20.4 Å². The average Bonchev–Trinajstić information content (AvgIpc) is 3.27. The number of anilines is 4. The predicted molar refractivity (Wildman–Crippen MR) is 130 cm³/mol. The number of carbonyl (C=O) groups is 1. The van der Waals surface area contributed by atoms with Gasteiger partial charge in [-0.1, -0.05) is 18.2 Å². The molecule has 5 rings (SSSR count). The summed E-state index contributed by atoms with van der Waals surface area (Å²) in [6.45, 7) is 1.49. The average molecular weight is 483 g/mol. The third kappa shape index (κ3) is 5.01. The van der Waals surface area contributed by atoms with Crippen molar-refractivity contribution >= 4 is 29.0 Å². The molecule has 0 bridgehead atoms. The summed E-state index contributed by atoms with van der Waals surface area (Å²) < 4.78 is 39.4. The van der Waals surface area contributed by atoms with E-state index in [1.807, 2.05) is 36.4 Å². The van der Waals surface area contributed by atoms with E-state index < -0.39 is 12.1 Å². The number of nitrogens with one attached hydrogen (secondary N) is 2. The zero-order valence-corrected chi connectivity index (χ0v) is 18.9. The van der Waals surface area contributed by atoms with Crippen LogP contribution in [0.3, 0.4) is 0 Å². The van der Waals surface area contributed by atoms with Gasteiger partial charge in [0.1, 0.15) is 5.82 Å². The fraction of sp³-hybridized carbons (Fsp3) is 0.320. The molecule has 7 nitrogen and oxygen atoms in total. The molecule has 10 heteroatoms. The molecule has 1 unspecified atom stereocenters. The number of amides is 2. The van der Waals surface area contributed by atoms with Gasteiger partial charge in [0.25, 0.3) is 0 Å². The van der Waals surface area contributed by atoms with Crippen LogP contribution in [0.5, 0.6) is 0 Å². The minimum atomic E-state index is -4.18. The van der Waals surface area contributed by atoms with Crippen molar-refractivity contribution in [3.63, 3.8) is 0 Å². The summed E-state index contributed by atoms with van der Waals surface area (Å²) in [6.07, 6.45) is -1.74. The molecule has 0 saturated carbocycles. The zero-order valence-electron chi connectivity index (χ0n) is 18.9. The molecule has 1 atom stereocenters. The Morgan fingerprint density at radius 3 is 2.74 bits per heavy atom. The second kappa shape index (κ2) is 9.44. The highest BCUT2D eigenvalue weighted by Gasteiger charge is 2.43. The Kier molecular flexibility index (Phi) is 6.19. The highest BCUT2D eigenvalue weighted by molar-refractivity contribution is 6.02. The van der Waals surface area contributed by atoms with Crippen molar-refractivity contribution in [1.82, 2.24) is 9.97 Å². The van der Waals surface area contributed by atoms with Crippen LogP contribution in [0.25, 0.3) is 11.3 Å². The van der Waals surface area contributed by atoms with Crippen molar-refractivity contribution in [1.29, 1.82) is 0 Å². The molecule has 35 heavy (non-hydrogen) atoms. The molecule has 2 aromatic heterocycles. The van der Waals surface area contributed by atoms with Crippen LogP contribution in [0.4, 0.5) is 41.0 Å². The number of halogens is 3. The fourth-order valence-electron chi connectivity index (χ4n) is 4.45. The topological polar surface area (TPSA) is 73.4 Å². The van der Waals surface area contributed by atoms with E-state index in [1.54, 1.807) is 34.2 Å². The zero-order chi connectivity index (χ0) is 24.4. The summed E-state index contributed by atoms with van der Waals surface area (Å²) in [5.41, 5.74) is 2.88. The Morgan fingerprint density at radius 2 is 1.97 bits per heavy atom. The number of alkyl halides is 3. The Labute approximate surface area is 201 Å². The van der Waals surface area contributed by atoms with E-state index in [0.29, 0.717) is 37.0 Å². The predicted octanol–water partition coefficient (Wildman–Crippen LogP) is 5.39. The quantitative estimate of drug-likeness (QED) is 0.524. The lowest BCUT2D eigenvalue weighted by Crippen LogP contribution is -2.36. The highest BCUT2D eigenvalue weighted by atomic mass is 19.4. The van der Waals surface area contributed by atoms with Gasteiger partial charge in [-0.05, 0) is 49.2 Å². The first-order chi connectivity index (χ1) is 16.9. The van der Waals surface area contributed by atoms with Crippen LogP contribution in [0.2, 0.25) is 0 Å². The molecule has 3 aromatic rings. The summed E-state index contributed by atoms with van der Waals surface area (Å²) in [5.74, 6) is -0.367. The number of hydrogen-bond donors (Lipinski definition) is 2. The molecule has 182 valence electrons. The molecular weight excluding hydrogens is 457 g/mol. The van der Waals surface area contributed by atoms with Gasteiger partial charge in [0.05, 0.1) is 17.3 Å². The van der Waals surface area contributed by atoms with E-state index in [-0.39, 0.29) is 19.0 Å². The monoisotopic (exact) mass is 482 g/mol. The number of fused-ring (bicyclic) bond motifs is 1. The number of pyridine rings is 2. The van der Waals surface area contributed by atoms with E-state index in [4.69, 9.17) is 4.98 Å². The Balaban J connectivity index is 1.41. The number of benzene rings is 1. The minimum Gasteiger partial charge on any atom is -0.382 e. The maximum absolute atomic E-state index is 13.1. The maximum Gasteiger partial charge on any atom is 0.393 e. The molecule has 1 aromatic carbocycles. The molecule has 0 radical (unpaired) electrons. The van der Waals surface area contributed by atoms with E-state index >= 15 is 0 Å². The molecular formula is C25H25F3N6O. The van der Waals surface area contributed by atoms with Crippen LogP contribution >= 0.6 is 0 Å². The van der Waals surface area contributed by atoms with E-state index in [9.17, 15) is 18.0 Å². The SMILES string of the molecule is O=C(Nc1ccccn1)N1CCCNc2ccc(-c3cccc(N4CCC(C(F)(F)F)C4)c3)nc21. The molecule has 4 heterocycles. The number of aromatic nitrogens is 2. The van der Waals surface area contributed by atoms with Gasteiger partial charge in [-0.2, -0.15) is 13.2 Å². The Bertz CT molecular complexity index is 1200. The number of nitrogens with zero attached hydrogens (tertiary/aromatic N) is 4. The van der Waals surface area contributed by atoms with Crippen LogP contribution in [-0.4, -0.2) is 48.4 Å². The van der Waals surface area contributed by atoms with Crippen molar-refractivity contribution in [2.24, 2.45) is 5.92 Å². The third-order valence-corrected chi connectivity index (χ3v) is 6.31. The fourth-order valence-corrected chi connectivity index (χ4v) is 4.45. The summed E-state index contributed by atoms with van der Waals surface area (Å²) in [4.78, 5) is 25.4. The highest BCUT2D eigenvalue weighted by Crippen LogP contribution is 2.37. The molecule has 2 N–H and O–H groups in total. The van der Waals surface area contributed by atoms with Crippen LogP contribution in [-0.2, 0) is 0 Å². The molecule has 2 amide bonds. The number of rotatable bonds is 3. The van der Waals surface area contributed by atoms with Crippen molar-refractivity contribution < 1.29 is 18.0 Å². The van der Waals surface area contributed by atoms with Crippen molar-refractivity contribution in [3.8, 4) is 11.3 Å². The standard InChI is InChI=1S/C25H25F3N6O/c26-25(27,28)18-10-14-33(16-18)19-6-3-5-17(15-19)20-8-9-21-23(31-20)34(13-4-12-29-21)24(35)32-22-7-1-2-11-30-22/h1-3,5-9,11,15,18,29H,4,10,12-14,16H2,(H,30,32,35). The summed E-state index contributed by atoms with van der Waals surface area (Å²) in [6, 6.07) is 16.1. The van der Waals surface area contributed by atoms with Gasteiger partial charge < -0.3 is 10.2 Å². The van der Waals surface area contributed by atoms with Gasteiger partial charge in [-0.3, -0.25) is 10.2 Å². The normalized spacial score (nSPS) is 18.0.